The molecule has 3 atom stereocenters. The molecule has 114 valence electrons. The number of H-pyrrole nitrogens is 1. The number of hydrogen-bond acceptors (Lipinski definition) is 2. The van der Waals surface area contributed by atoms with Crippen molar-refractivity contribution in [3.63, 3.8) is 0 Å². The Bertz CT molecular complexity index is 593. The van der Waals surface area contributed by atoms with Crippen LogP contribution in [0.25, 0.3) is 0 Å². The fourth-order valence-corrected chi connectivity index (χ4v) is 4.04. The summed E-state index contributed by atoms with van der Waals surface area (Å²) in [5, 5.41) is 0. The Kier molecular flexibility index (Phi) is 3.87. The second-order valence-electron chi connectivity index (χ2n) is 6.77. The van der Waals surface area contributed by atoms with Gasteiger partial charge in [-0.25, -0.2) is 0 Å². The van der Waals surface area contributed by atoms with Gasteiger partial charge in [0.15, 0.2) is 0 Å². The molecule has 0 radical (unpaired) electrons. The quantitative estimate of drug-likeness (QED) is 0.864. The van der Waals surface area contributed by atoms with E-state index in [-0.39, 0.29) is 11.5 Å². The minimum atomic E-state index is -0.258. The average molecular weight is 288 g/mol. The lowest BCUT2D eigenvalue weighted by molar-refractivity contribution is 0.0320. The maximum atomic E-state index is 12.8. The average Bonchev–Trinajstić information content (AvgIpc) is 2.45. The van der Waals surface area contributed by atoms with Gasteiger partial charge in [0.2, 0.25) is 0 Å². The van der Waals surface area contributed by atoms with Crippen LogP contribution < -0.4 is 5.56 Å². The summed E-state index contributed by atoms with van der Waals surface area (Å²) in [4.78, 5) is 29.5. The van der Waals surface area contributed by atoms with E-state index in [4.69, 9.17) is 0 Å². The second-order valence-corrected chi connectivity index (χ2v) is 6.77. The highest BCUT2D eigenvalue weighted by atomic mass is 16.2. The molecule has 2 fully saturated rings. The number of piperidine rings is 1. The third-order valence-corrected chi connectivity index (χ3v) is 5.13. The van der Waals surface area contributed by atoms with Crippen LogP contribution in [0.3, 0.4) is 0 Å². The van der Waals surface area contributed by atoms with Gasteiger partial charge in [-0.05, 0) is 63.0 Å². The molecule has 4 heteroatoms. The van der Waals surface area contributed by atoms with E-state index < -0.39 is 0 Å². The number of nitrogens with one attached hydrogen (secondary N) is 1. The zero-order valence-electron chi connectivity index (χ0n) is 12.9. The normalized spacial score (nSPS) is 29.0. The molecule has 1 aromatic rings. The van der Waals surface area contributed by atoms with Gasteiger partial charge in [-0.3, -0.25) is 9.59 Å². The molecule has 0 spiro atoms. The maximum Gasteiger partial charge on any atom is 0.260 e. The molecule has 0 bridgehead atoms. The molecule has 0 unspecified atom stereocenters. The van der Waals surface area contributed by atoms with E-state index >= 15 is 0 Å². The first-order chi connectivity index (χ1) is 10.1. The molecule has 4 nitrogen and oxygen atoms in total. The molecule has 2 heterocycles. The number of carbonyl (C=O) groups is 1. The fourth-order valence-electron chi connectivity index (χ4n) is 4.04. The summed E-state index contributed by atoms with van der Waals surface area (Å²) in [5.74, 6) is 1.31. The van der Waals surface area contributed by atoms with Gasteiger partial charge >= 0.3 is 0 Å². The van der Waals surface area contributed by atoms with Crippen molar-refractivity contribution in [2.24, 2.45) is 11.8 Å². The Morgan fingerprint density at radius 3 is 2.86 bits per heavy atom. The molecular formula is C17H24N2O2. The number of pyridine rings is 1. The number of aromatic amines is 1. The second kappa shape index (κ2) is 5.66. The summed E-state index contributed by atoms with van der Waals surface area (Å²) in [7, 11) is 0. The molecule has 1 saturated carbocycles. The van der Waals surface area contributed by atoms with Gasteiger partial charge in [0.1, 0.15) is 5.56 Å². The first kappa shape index (κ1) is 14.4. The predicted molar refractivity (Wildman–Crippen MR) is 82.4 cm³/mol. The van der Waals surface area contributed by atoms with Gasteiger partial charge in [0.25, 0.3) is 11.5 Å². The third-order valence-electron chi connectivity index (χ3n) is 5.13. The molecule has 1 aromatic heterocycles. The molecular weight excluding hydrogens is 264 g/mol. The van der Waals surface area contributed by atoms with Gasteiger partial charge in [0, 0.05) is 18.3 Å². The fraction of sp³-hybridized carbons (Fsp3) is 0.647. The minimum Gasteiger partial charge on any atom is -0.335 e. The van der Waals surface area contributed by atoms with Gasteiger partial charge in [-0.15, -0.1) is 0 Å². The Balaban J connectivity index is 1.85. The Morgan fingerprint density at radius 1 is 1.29 bits per heavy atom. The molecule has 3 rings (SSSR count). The number of fused-ring (bicyclic) bond motifs is 1. The van der Waals surface area contributed by atoms with Crippen molar-refractivity contribution in [3.05, 3.63) is 33.7 Å². The molecule has 1 aliphatic heterocycles. The lowest BCUT2D eigenvalue weighted by Gasteiger charge is -2.45. The van der Waals surface area contributed by atoms with Crippen LogP contribution in [0.4, 0.5) is 0 Å². The smallest absolute Gasteiger partial charge is 0.260 e. The summed E-state index contributed by atoms with van der Waals surface area (Å²) in [6.45, 7) is 4.93. The number of nitrogens with zero attached hydrogens (tertiary/aromatic N) is 1. The van der Waals surface area contributed by atoms with E-state index in [2.05, 4.69) is 11.9 Å². The van der Waals surface area contributed by atoms with Crippen LogP contribution in [-0.2, 0) is 0 Å². The molecule has 21 heavy (non-hydrogen) atoms. The van der Waals surface area contributed by atoms with Crippen molar-refractivity contribution in [2.75, 3.05) is 6.54 Å². The van der Waals surface area contributed by atoms with Gasteiger partial charge in [-0.1, -0.05) is 6.92 Å². The van der Waals surface area contributed by atoms with Crippen LogP contribution in [-0.4, -0.2) is 28.4 Å². The number of carbonyl (C=O) groups excluding carboxylic acids is 1. The van der Waals surface area contributed by atoms with Crippen LogP contribution in [0, 0.1) is 18.8 Å². The minimum absolute atomic E-state index is 0.0829. The van der Waals surface area contributed by atoms with Crippen molar-refractivity contribution in [1.82, 2.24) is 9.88 Å². The van der Waals surface area contributed by atoms with Crippen LogP contribution in [0.15, 0.2) is 16.9 Å². The van der Waals surface area contributed by atoms with Crippen molar-refractivity contribution in [2.45, 2.75) is 52.0 Å². The molecule has 1 amide bonds. The SMILES string of the molecule is Cc1ccc(C(=O)N2CCC[C@@H]3C[C@H](C)CC[C@@H]32)c(=O)[nH]1. The van der Waals surface area contributed by atoms with Crippen LogP contribution in [0.2, 0.25) is 0 Å². The molecule has 0 aromatic carbocycles. The van der Waals surface area contributed by atoms with Gasteiger partial charge in [-0.2, -0.15) is 0 Å². The van der Waals surface area contributed by atoms with E-state index in [0.29, 0.717) is 17.5 Å². The zero-order chi connectivity index (χ0) is 15.0. The number of likely N-dealkylation sites (tertiary alicyclic amines) is 1. The summed E-state index contributed by atoms with van der Waals surface area (Å²) >= 11 is 0. The van der Waals surface area contributed by atoms with E-state index in [9.17, 15) is 9.59 Å². The van der Waals surface area contributed by atoms with Crippen LogP contribution in [0.5, 0.6) is 0 Å². The van der Waals surface area contributed by atoms with Gasteiger partial charge < -0.3 is 9.88 Å². The predicted octanol–water partition coefficient (Wildman–Crippen LogP) is 2.72. The highest BCUT2D eigenvalue weighted by Gasteiger charge is 2.38. The van der Waals surface area contributed by atoms with Crippen LogP contribution >= 0.6 is 0 Å². The number of aromatic nitrogens is 1. The number of hydrogen-bond donors (Lipinski definition) is 1. The van der Waals surface area contributed by atoms with Crippen molar-refractivity contribution < 1.29 is 4.79 Å². The highest BCUT2D eigenvalue weighted by molar-refractivity contribution is 5.94. The van der Waals surface area contributed by atoms with Gasteiger partial charge in [0.05, 0.1) is 0 Å². The van der Waals surface area contributed by atoms with Crippen molar-refractivity contribution >= 4 is 5.91 Å². The van der Waals surface area contributed by atoms with Crippen molar-refractivity contribution in [3.8, 4) is 0 Å². The molecule has 1 saturated heterocycles. The molecule has 1 N–H and O–H groups in total. The van der Waals surface area contributed by atoms with E-state index in [0.717, 1.165) is 31.0 Å². The van der Waals surface area contributed by atoms with E-state index in [1.165, 1.54) is 19.3 Å². The zero-order valence-corrected chi connectivity index (χ0v) is 12.9. The Labute approximate surface area is 125 Å². The van der Waals surface area contributed by atoms with Crippen LogP contribution in [0.1, 0.15) is 55.1 Å². The summed E-state index contributed by atoms with van der Waals surface area (Å²) in [5.41, 5.74) is 0.825. The highest BCUT2D eigenvalue weighted by Crippen LogP contribution is 2.38. The lowest BCUT2D eigenvalue weighted by Crippen LogP contribution is -2.51. The standard InChI is InChI=1S/C17H24N2O2/c1-11-5-8-15-13(10-11)4-3-9-19(15)17(21)14-7-6-12(2)18-16(14)20/h6-7,11,13,15H,3-5,8-10H2,1-2H3,(H,18,20)/t11-,13-,15+/m1/s1. The molecule has 1 aliphatic carbocycles. The maximum absolute atomic E-state index is 12.8. The number of aryl methyl sites for hydroxylation is 1. The monoisotopic (exact) mass is 288 g/mol. The summed E-state index contributed by atoms with van der Waals surface area (Å²) in [6.07, 6.45) is 5.78. The molecule has 2 aliphatic rings. The first-order valence-electron chi connectivity index (χ1n) is 8.07. The van der Waals surface area contributed by atoms with Crippen molar-refractivity contribution in [1.29, 1.82) is 0 Å². The summed E-state index contributed by atoms with van der Waals surface area (Å²) < 4.78 is 0. The van der Waals surface area contributed by atoms with E-state index in [1.54, 1.807) is 12.1 Å². The number of rotatable bonds is 1. The summed E-state index contributed by atoms with van der Waals surface area (Å²) in [6, 6.07) is 3.81. The Hall–Kier alpha value is -1.58. The third kappa shape index (κ3) is 2.76. The van der Waals surface area contributed by atoms with E-state index in [1.807, 2.05) is 11.8 Å². The largest absolute Gasteiger partial charge is 0.335 e. The topological polar surface area (TPSA) is 53.2 Å². The number of amides is 1. The lowest BCUT2D eigenvalue weighted by atomic mass is 9.74. The Morgan fingerprint density at radius 2 is 2.10 bits per heavy atom. The first-order valence-corrected chi connectivity index (χ1v) is 8.07.